The Balaban J connectivity index is 1.90. The van der Waals surface area contributed by atoms with Crippen LogP contribution in [0.25, 0.3) is 21.8 Å². The first-order valence-electron chi connectivity index (χ1n) is 8.56. The summed E-state index contributed by atoms with van der Waals surface area (Å²) in [6.45, 7) is 2.22. The number of esters is 1. The Morgan fingerprint density at radius 1 is 1.07 bits per heavy atom. The number of ether oxygens (including phenoxy) is 1. The molecule has 0 fully saturated rings. The summed E-state index contributed by atoms with van der Waals surface area (Å²) < 4.78 is 34.3. The number of para-hydroxylation sites is 1. The van der Waals surface area contributed by atoms with Crippen LogP contribution in [-0.4, -0.2) is 22.1 Å². The van der Waals surface area contributed by atoms with E-state index in [2.05, 4.69) is 4.98 Å². The third-order valence-electron chi connectivity index (χ3n) is 4.49. The normalized spacial score (nSPS) is 11.2. The molecule has 136 valence electrons. The van der Waals surface area contributed by atoms with E-state index in [4.69, 9.17) is 4.74 Å². The SMILES string of the molecule is CCOC(=O)c1cc2c3ccccc3n(Cc3ccc(F)cc3F)c2cn1. The third-order valence-corrected chi connectivity index (χ3v) is 4.49. The second kappa shape index (κ2) is 6.79. The molecule has 0 saturated heterocycles. The lowest BCUT2D eigenvalue weighted by Gasteiger charge is -2.09. The smallest absolute Gasteiger partial charge is 0.356 e. The molecule has 2 aromatic heterocycles. The van der Waals surface area contributed by atoms with Gasteiger partial charge in [-0.25, -0.2) is 18.6 Å². The summed E-state index contributed by atoms with van der Waals surface area (Å²) in [5.74, 6) is -1.70. The number of aromatic nitrogens is 2. The van der Waals surface area contributed by atoms with Gasteiger partial charge < -0.3 is 9.30 Å². The lowest BCUT2D eigenvalue weighted by Crippen LogP contribution is -2.07. The molecule has 0 atom stereocenters. The molecule has 0 unspecified atom stereocenters. The molecule has 4 nitrogen and oxygen atoms in total. The summed E-state index contributed by atoms with van der Waals surface area (Å²) in [5.41, 5.74) is 2.22. The standard InChI is InChI=1S/C21H16F2N2O2/c1-2-27-21(26)18-10-16-15-5-3-4-6-19(15)25(20(16)11-24-18)12-13-7-8-14(22)9-17(13)23/h3-11H,2,12H2,1H3. The highest BCUT2D eigenvalue weighted by Gasteiger charge is 2.16. The number of pyridine rings is 1. The van der Waals surface area contributed by atoms with Crippen molar-refractivity contribution in [2.24, 2.45) is 0 Å². The van der Waals surface area contributed by atoms with Crippen molar-refractivity contribution in [3.05, 3.63) is 77.6 Å². The lowest BCUT2D eigenvalue weighted by atomic mass is 10.1. The first-order chi connectivity index (χ1) is 13.1. The van der Waals surface area contributed by atoms with E-state index in [0.29, 0.717) is 5.56 Å². The maximum atomic E-state index is 14.2. The fourth-order valence-corrected chi connectivity index (χ4v) is 3.25. The maximum Gasteiger partial charge on any atom is 0.356 e. The van der Waals surface area contributed by atoms with Crippen molar-refractivity contribution in [1.29, 1.82) is 0 Å². The van der Waals surface area contributed by atoms with E-state index in [1.54, 1.807) is 19.2 Å². The Morgan fingerprint density at radius 2 is 1.89 bits per heavy atom. The van der Waals surface area contributed by atoms with E-state index in [0.717, 1.165) is 27.9 Å². The molecule has 0 aliphatic heterocycles. The summed E-state index contributed by atoms with van der Waals surface area (Å²) >= 11 is 0. The van der Waals surface area contributed by atoms with Gasteiger partial charge in [0, 0.05) is 27.9 Å². The second-order valence-electron chi connectivity index (χ2n) is 6.15. The van der Waals surface area contributed by atoms with Crippen LogP contribution in [0.2, 0.25) is 0 Å². The molecule has 2 heterocycles. The van der Waals surface area contributed by atoms with Crippen molar-refractivity contribution in [3.8, 4) is 0 Å². The predicted octanol–water partition coefficient (Wildman–Crippen LogP) is 4.69. The number of hydrogen-bond acceptors (Lipinski definition) is 3. The Kier molecular flexibility index (Phi) is 4.32. The molecule has 0 aliphatic carbocycles. The second-order valence-corrected chi connectivity index (χ2v) is 6.15. The summed E-state index contributed by atoms with van der Waals surface area (Å²) in [6.07, 6.45) is 1.59. The maximum absolute atomic E-state index is 14.2. The molecule has 0 bridgehead atoms. The van der Waals surface area contributed by atoms with Crippen LogP contribution < -0.4 is 0 Å². The van der Waals surface area contributed by atoms with Crippen LogP contribution in [0, 0.1) is 11.6 Å². The Morgan fingerprint density at radius 3 is 2.67 bits per heavy atom. The van der Waals surface area contributed by atoms with Crippen LogP contribution in [0.3, 0.4) is 0 Å². The topological polar surface area (TPSA) is 44.1 Å². The van der Waals surface area contributed by atoms with Gasteiger partial charge in [-0.05, 0) is 25.1 Å². The van der Waals surface area contributed by atoms with Crippen molar-refractivity contribution in [3.63, 3.8) is 0 Å². The summed E-state index contributed by atoms with van der Waals surface area (Å²) in [4.78, 5) is 16.2. The monoisotopic (exact) mass is 366 g/mol. The minimum absolute atomic E-state index is 0.219. The van der Waals surface area contributed by atoms with E-state index in [9.17, 15) is 13.6 Å². The van der Waals surface area contributed by atoms with Crippen molar-refractivity contribution < 1.29 is 18.3 Å². The first-order valence-corrected chi connectivity index (χ1v) is 8.56. The lowest BCUT2D eigenvalue weighted by molar-refractivity contribution is 0.0519. The van der Waals surface area contributed by atoms with Crippen LogP contribution in [0.1, 0.15) is 23.0 Å². The van der Waals surface area contributed by atoms with Crippen molar-refractivity contribution in [2.45, 2.75) is 13.5 Å². The number of nitrogens with zero attached hydrogens (tertiary/aromatic N) is 2. The largest absolute Gasteiger partial charge is 0.461 e. The molecule has 4 rings (SSSR count). The van der Waals surface area contributed by atoms with Gasteiger partial charge in [-0.15, -0.1) is 0 Å². The highest BCUT2D eigenvalue weighted by atomic mass is 19.1. The van der Waals surface area contributed by atoms with Gasteiger partial charge in [0.15, 0.2) is 0 Å². The van der Waals surface area contributed by atoms with E-state index in [-0.39, 0.29) is 18.8 Å². The fourth-order valence-electron chi connectivity index (χ4n) is 3.25. The van der Waals surface area contributed by atoms with E-state index < -0.39 is 17.6 Å². The van der Waals surface area contributed by atoms with Gasteiger partial charge >= 0.3 is 5.97 Å². The zero-order valence-electron chi connectivity index (χ0n) is 14.6. The van der Waals surface area contributed by atoms with Gasteiger partial charge in [-0.2, -0.15) is 0 Å². The predicted molar refractivity (Wildman–Crippen MR) is 98.7 cm³/mol. The van der Waals surface area contributed by atoms with Gasteiger partial charge in [-0.3, -0.25) is 0 Å². The molecule has 2 aromatic carbocycles. The molecule has 27 heavy (non-hydrogen) atoms. The van der Waals surface area contributed by atoms with Crippen LogP contribution in [0.4, 0.5) is 8.78 Å². The number of carbonyl (C=O) groups is 1. The molecule has 0 spiro atoms. The molecule has 0 amide bonds. The molecule has 0 saturated carbocycles. The van der Waals surface area contributed by atoms with E-state index in [1.807, 2.05) is 28.8 Å². The molecule has 0 radical (unpaired) electrons. The third kappa shape index (κ3) is 3.03. The molecular formula is C21H16F2N2O2. The van der Waals surface area contributed by atoms with Crippen LogP contribution in [0.5, 0.6) is 0 Å². The molecule has 0 N–H and O–H groups in total. The Hall–Kier alpha value is -3.28. The highest BCUT2D eigenvalue weighted by Crippen LogP contribution is 2.30. The van der Waals surface area contributed by atoms with Crippen molar-refractivity contribution >= 4 is 27.8 Å². The first kappa shape index (κ1) is 17.1. The van der Waals surface area contributed by atoms with E-state index >= 15 is 0 Å². The van der Waals surface area contributed by atoms with Crippen LogP contribution in [0.15, 0.2) is 54.7 Å². The zero-order chi connectivity index (χ0) is 19.0. The highest BCUT2D eigenvalue weighted by molar-refractivity contribution is 6.09. The van der Waals surface area contributed by atoms with Gasteiger partial charge in [0.25, 0.3) is 0 Å². The molecule has 6 heteroatoms. The van der Waals surface area contributed by atoms with Gasteiger partial charge in [0.1, 0.15) is 17.3 Å². The average molecular weight is 366 g/mol. The molecular weight excluding hydrogens is 350 g/mol. The summed E-state index contributed by atoms with van der Waals surface area (Å²) in [6, 6.07) is 12.9. The minimum atomic E-state index is -0.612. The zero-order valence-corrected chi connectivity index (χ0v) is 14.6. The van der Waals surface area contributed by atoms with Crippen molar-refractivity contribution in [1.82, 2.24) is 9.55 Å². The summed E-state index contributed by atoms with van der Waals surface area (Å²) in [7, 11) is 0. The Labute approximate surface area is 154 Å². The minimum Gasteiger partial charge on any atom is -0.461 e. The quantitative estimate of drug-likeness (QED) is 0.492. The Bertz CT molecular complexity index is 1170. The van der Waals surface area contributed by atoms with Crippen LogP contribution in [-0.2, 0) is 11.3 Å². The van der Waals surface area contributed by atoms with Gasteiger partial charge in [0.05, 0.1) is 24.9 Å². The average Bonchev–Trinajstić information content (AvgIpc) is 2.97. The summed E-state index contributed by atoms with van der Waals surface area (Å²) in [5, 5.41) is 1.74. The molecule has 0 aliphatic rings. The number of benzene rings is 2. The number of carbonyl (C=O) groups excluding carboxylic acids is 1. The van der Waals surface area contributed by atoms with Gasteiger partial charge in [0.2, 0.25) is 0 Å². The number of hydrogen-bond donors (Lipinski definition) is 0. The van der Waals surface area contributed by atoms with Crippen molar-refractivity contribution in [2.75, 3.05) is 6.61 Å². The van der Waals surface area contributed by atoms with Gasteiger partial charge in [-0.1, -0.05) is 24.3 Å². The molecule has 4 aromatic rings. The number of rotatable bonds is 4. The fraction of sp³-hybridized carbons (Fsp3) is 0.143. The van der Waals surface area contributed by atoms with Crippen LogP contribution >= 0.6 is 0 Å². The number of fused-ring (bicyclic) bond motifs is 3. The number of halogens is 2. The van der Waals surface area contributed by atoms with E-state index in [1.165, 1.54) is 12.1 Å².